The number of rotatable bonds is 3. The second kappa shape index (κ2) is 5.47. The van der Waals surface area contributed by atoms with Crippen molar-refractivity contribution in [3.63, 3.8) is 0 Å². The third kappa shape index (κ3) is 2.84. The molecule has 1 aromatic heterocycles. The molecule has 0 aromatic carbocycles. The van der Waals surface area contributed by atoms with Gasteiger partial charge in [-0.25, -0.2) is 10.8 Å². The maximum Gasteiger partial charge on any atom is 0.158 e. The van der Waals surface area contributed by atoms with Crippen LogP contribution in [0.4, 0.5) is 5.82 Å². The highest BCUT2D eigenvalue weighted by atomic mass is 32.2. The number of thioether (sulfide) groups is 1. The third-order valence-electron chi connectivity index (χ3n) is 2.72. The summed E-state index contributed by atoms with van der Waals surface area (Å²) < 4.78 is 0. The molecule has 88 valence electrons. The van der Waals surface area contributed by atoms with Crippen molar-refractivity contribution in [3.05, 3.63) is 18.1 Å². The Morgan fingerprint density at radius 3 is 3.06 bits per heavy atom. The van der Waals surface area contributed by atoms with Crippen LogP contribution >= 0.6 is 11.8 Å². The van der Waals surface area contributed by atoms with Gasteiger partial charge in [0.25, 0.3) is 0 Å². The molecule has 3 N–H and O–H groups in total. The fourth-order valence-corrected chi connectivity index (χ4v) is 2.80. The Balaban J connectivity index is 1.96. The number of anilines is 1. The van der Waals surface area contributed by atoms with Gasteiger partial charge in [-0.05, 0) is 6.92 Å². The number of hydrazine groups is 1. The van der Waals surface area contributed by atoms with Crippen LogP contribution in [0.25, 0.3) is 0 Å². The van der Waals surface area contributed by atoms with Crippen LogP contribution in [-0.2, 0) is 6.54 Å². The van der Waals surface area contributed by atoms with Crippen LogP contribution in [0.2, 0.25) is 0 Å². The van der Waals surface area contributed by atoms with E-state index in [-0.39, 0.29) is 0 Å². The van der Waals surface area contributed by atoms with Crippen molar-refractivity contribution in [2.75, 3.05) is 23.5 Å². The second-order valence-corrected chi connectivity index (χ2v) is 5.08. The average molecular weight is 239 g/mol. The average Bonchev–Trinajstić information content (AvgIpc) is 2.33. The van der Waals surface area contributed by atoms with E-state index in [2.05, 4.69) is 27.2 Å². The standard InChI is InChI=1S/C10H17N5S/c1-8-7-16-3-2-15(8)6-9-4-13-10(14-11)5-12-9/h4-5,8H,2-3,6-7,11H2,1H3,(H,13,14). The quantitative estimate of drug-likeness (QED) is 0.598. The van der Waals surface area contributed by atoms with Gasteiger partial charge < -0.3 is 5.43 Å². The fourth-order valence-electron chi connectivity index (χ4n) is 1.72. The molecule has 1 atom stereocenters. The Labute approximate surface area is 99.8 Å². The predicted molar refractivity (Wildman–Crippen MR) is 67.0 cm³/mol. The monoisotopic (exact) mass is 239 g/mol. The lowest BCUT2D eigenvalue weighted by atomic mass is 10.3. The molecule has 16 heavy (non-hydrogen) atoms. The fraction of sp³-hybridized carbons (Fsp3) is 0.600. The lowest BCUT2D eigenvalue weighted by molar-refractivity contribution is 0.221. The first-order chi connectivity index (χ1) is 7.79. The molecule has 5 nitrogen and oxygen atoms in total. The van der Waals surface area contributed by atoms with Crippen LogP contribution in [0.3, 0.4) is 0 Å². The van der Waals surface area contributed by atoms with Crippen LogP contribution in [0.15, 0.2) is 12.4 Å². The van der Waals surface area contributed by atoms with Gasteiger partial charge in [-0.3, -0.25) is 9.88 Å². The molecule has 2 rings (SSSR count). The van der Waals surface area contributed by atoms with Gasteiger partial charge >= 0.3 is 0 Å². The van der Waals surface area contributed by atoms with Gasteiger partial charge in [0.1, 0.15) is 0 Å². The van der Waals surface area contributed by atoms with Crippen molar-refractivity contribution < 1.29 is 0 Å². The van der Waals surface area contributed by atoms with E-state index in [1.807, 2.05) is 11.8 Å². The number of hydrogen-bond donors (Lipinski definition) is 2. The van der Waals surface area contributed by atoms with Crippen molar-refractivity contribution >= 4 is 17.6 Å². The van der Waals surface area contributed by atoms with Crippen LogP contribution in [0.1, 0.15) is 12.6 Å². The minimum Gasteiger partial charge on any atom is -0.307 e. The van der Waals surface area contributed by atoms with E-state index in [4.69, 9.17) is 5.84 Å². The lowest BCUT2D eigenvalue weighted by Crippen LogP contribution is -2.39. The molecule has 0 saturated carbocycles. The first-order valence-corrected chi connectivity index (χ1v) is 6.54. The largest absolute Gasteiger partial charge is 0.307 e. The summed E-state index contributed by atoms with van der Waals surface area (Å²) in [5, 5.41) is 0. The van der Waals surface area contributed by atoms with Gasteiger partial charge in [-0.1, -0.05) is 0 Å². The minimum absolute atomic E-state index is 0.603. The molecular weight excluding hydrogens is 222 g/mol. The summed E-state index contributed by atoms with van der Waals surface area (Å²) >= 11 is 2.02. The van der Waals surface area contributed by atoms with E-state index < -0.39 is 0 Å². The molecule has 0 spiro atoms. The number of hydrogen-bond acceptors (Lipinski definition) is 6. The van der Waals surface area contributed by atoms with Crippen molar-refractivity contribution in [1.82, 2.24) is 14.9 Å². The van der Waals surface area contributed by atoms with Crippen LogP contribution < -0.4 is 11.3 Å². The molecule has 0 aliphatic carbocycles. The van der Waals surface area contributed by atoms with E-state index in [0.717, 1.165) is 18.8 Å². The molecule has 1 fully saturated rings. The first-order valence-electron chi connectivity index (χ1n) is 5.39. The summed E-state index contributed by atoms with van der Waals surface area (Å²) in [5.41, 5.74) is 3.47. The SMILES string of the molecule is CC1CSCCN1Cc1cnc(NN)cn1. The maximum atomic E-state index is 5.24. The Kier molecular flexibility index (Phi) is 3.98. The van der Waals surface area contributed by atoms with E-state index in [1.54, 1.807) is 12.4 Å². The van der Waals surface area contributed by atoms with Crippen LogP contribution in [-0.4, -0.2) is 39.0 Å². The number of nitrogens with one attached hydrogen (secondary N) is 1. The summed E-state index contributed by atoms with van der Waals surface area (Å²) in [6, 6.07) is 0.618. The highest BCUT2D eigenvalue weighted by molar-refractivity contribution is 7.99. The normalized spacial score (nSPS) is 22.0. The lowest BCUT2D eigenvalue weighted by Gasteiger charge is -2.32. The number of nitrogen functional groups attached to an aromatic ring is 1. The zero-order valence-electron chi connectivity index (χ0n) is 9.39. The van der Waals surface area contributed by atoms with Gasteiger partial charge in [0.05, 0.1) is 18.1 Å². The van der Waals surface area contributed by atoms with E-state index in [0.29, 0.717) is 11.9 Å². The molecule has 1 aliphatic rings. The number of nitrogens with two attached hydrogens (primary N) is 1. The summed E-state index contributed by atoms with van der Waals surface area (Å²) in [6.45, 7) is 4.26. The molecule has 2 heterocycles. The highest BCUT2D eigenvalue weighted by Gasteiger charge is 2.18. The van der Waals surface area contributed by atoms with Crippen molar-refractivity contribution in [1.29, 1.82) is 0 Å². The zero-order chi connectivity index (χ0) is 11.4. The van der Waals surface area contributed by atoms with Crippen molar-refractivity contribution in [2.45, 2.75) is 19.5 Å². The molecule has 1 unspecified atom stereocenters. The van der Waals surface area contributed by atoms with Crippen molar-refractivity contribution in [3.8, 4) is 0 Å². The highest BCUT2D eigenvalue weighted by Crippen LogP contribution is 2.17. The summed E-state index contributed by atoms with van der Waals surface area (Å²) in [4.78, 5) is 10.9. The maximum absolute atomic E-state index is 5.24. The first kappa shape index (κ1) is 11.6. The molecule has 0 amide bonds. The van der Waals surface area contributed by atoms with Crippen LogP contribution in [0, 0.1) is 0 Å². The number of aromatic nitrogens is 2. The van der Waals surface area contributed by atoms with Crippen LogP contribution in [0.5, 0.6) is 0 Å². The number of nitrogens with zero attached hydrogens (tertiary/aromatic N) is 3. The third-order valence-corrected chi connectivity index (χ3v) is 3.91. The van der Waals surface area contributed by atoms with Gasteiger partial charge in [-0.2, -0.15) is 11.8 Å². The van der Waals surface area contributed by atoms with E-state index in [1.165, 1.54) is 11.5 Å². The van der Waals surface area contributed by atoms with Gasteiger partial charge in [0.2, 0.25) is 0 Å². The minimum atomic E-state index is 0.603. The molecule has 1 aliphatic heterocycles. The molecular formula is C10H17N5S. The van der Waals surface area contributed by atoms with Gasteiger partial charge in [-0.15, -0.1) is 0 Å². The molecule has 0 bridgehead atoms. The van der Waals surface area contributed by atoms with E-state index in [9.17, 15) is 0 Å². The Morgan fingerprint density at radius 1 is 1.56 bits per heavy atom. The summed E-state index contributed by atoms with van der Waals surface area (Å²) in [7, 11) is 0. The summed E-state index contributed by atoms with van der Waals surface area (Å²) in [5.74, 6) is 8.26. The topological polar surface area (TPSA) is 67.1 Å². The van der Waals surface area contributed by atoms with Gasteiger partial charge in [0, 0.05) is 30.6 Å². The molecule has 0 radical (unpaired) electrons. The van der Waals surface area contributed by atoms with Gasteiger partial charge in [0.15, 0.2) is 5.82 Å². The smallest absolute Gasteiger partial charge is 0.158 e. The Hall–Kier alpha value is -0.850. The molecule has 1 aromatic rings. The Morgan fingerprint density at radius 2 is 2.44 bits per heavy atom. The van der Waals surface area contributed by atoms with Crippen molar-refractivity contribution in [2.24, 2.45) is 5.84 Å². The van der Waals surface area contributed by atoms with E-state index >= 15 is 0 Å². The summed E-state index contributed by atoms with van der Waals surface area (Å²) in [6.07, 6.45) is 3.45. The molecule has 6 heteroatoms. The predicted octanol–water partition coefficient (Wildman–Crippen LogP) is 0.700. The molecule has 1 saturated heterocycles. The Bertz CT molecular complexity index is 328. The zero-order valence-corrected chi connectivity index (χ0v) is 10.2. The second-order valence-electron chi connectivity index (χ2n) is 3.93.